The highest BCUT2D eigenvalue weighted by Crippen LogP contribution is 2.23. The van der Waals surface area contributed by atoms with Gasteiger partial charge in [0.2, 0.25) is 0 Å². The molecule has 0 heterocycles. The number of para-hydroxylation sites is 1. The third-order valence-electron chi connectivity index (χ3n) is 2.84. The highest BCUT2D eigenvalue weighted by Gasteiger charge is 2.19. The molecule has 4 nitrogen and oxygen atoms in total. The maximum atomic E-state index is 13.2. The molecule has 21 heavy (non-hydrogen) atoms. The minimum atomic E-state index is -4.97. The molecule has 0 aliphatic heterocycles. The second-order valence-electron chi connectivity index (χ2n) is 4.35. The average molecular weight is 311 g/mol. The Morgan fingerprint density at radius 3 is 2.48 bits per heavy atom. The highest BCUT2D eigenvalue weighted by atomic mass is 32.3. The van der Waals surface area contributed by atoms with Crippen LogP contribution < -0.4 is 5.32 Å². The lowest BCUT2D eigenvalue weighted by atomic mass is 10.1. The molecule has 110 valence electrons. The number of carbonyl (C=O) groups is 1. The minimum absolute atomic E-state index is 0.0426. The molecular weight excluding hydrogens is 300 g/mol. The van der Waals surface area contributed by atoms with Gasteiger partial charge < -0.3 is 5.32 Å². The molecule has 0 unspecified atom stereocenters. The van der Waals surface area contributed by atoms with Crippen LogP contribution in [0.15, 0.2) is 47.4 Å². The summed E-state index contributed by atoms with van der Waals surface area (Å²) in [6.45, 7) is 1.60. The lowest BCUT2D eigenvalue weighted by molar-refractivity contribution is 0.102. The predicted octanol–water partition coefficient (Wildman–Crippen LogP) is 3.04. The first kappa shape index (κ1) is 15.1. The van der Waals surface area contributed by atoms with Gasteiger partial charge in [-0.05, 0) is 36.8 Å². The Hall–Kier alpha value is -2.28. The van der Waals surface area contributed by atoms with Gasteiger partial charge in [0.1, 0.15) is 10.7 Å². The zero-order chi connectivity index (χ0) is 15.6. The van der Waals surface area contributed by atoms with Crippen molar-refractivity contribution in [3.05, 3.63) is 59.4 Å². The van der Waals surface area contributed by atoms with Crippen molar-refractivity contribution in [1.29, 1.82) is 0 Å². The molecule has 1 amide bonds. The summed E-state index contributed by atoms with van der Waals surface area (Å²) in [4.78, 5) is 11.4. The number of rotatable bonds is 3. The van der Waals surface area contributed by atoms with E-state index >= 15 is 0 Å². The number of amides is 1. The minimum Gasteiger partial charge on any atom is -0.321 e. The molecule has 0 atom stereocenters. The van der Waals surface area contributed by atoms with E-state index in [1.54, 1.807) is 6.92 Å². The van der Waals surface area contributed by atoms with E-state index in [4.69, 9.17) is 0 Å². The van der Waals surface area contributed by atoms with E-state index in [0.29, 0.717) is 5.56 Å². The second-order valence-corrected chi connectivity index (χ2v) is 5.66. The number of halogens is 2. The van der Waals surface area contributed by atoms with Crippen LogP contribution in [0.1, 0.15) is 15.9 Å². The molecule has 2 rings (SSSR count). The maximum absolute atomic E-state index is 13.2. The van der Waals surface area contributed by atoms with Gasteiger partial charge in [-0.25, -0.2) is 4.39 Å². The lowest BCUT2D eigenvalue weighted by Crippen LogP contribution is -2.15. The average Bonchev–Trinajstić information content (AvgIpc) is 2.41. The van der Waals surface area contributed by atoms with Crippen molar-refractivity contribution < 1.29 is 21.5 Å². The summed E-state index contributed by atoms with van der Waals surface area (Å²) in [6.07, 6.45) is 0. The summed E-state index contributed by atoms with van der Waals surface area (Å²) < 4.78 is 48.3. The van der Waals surface area contributed by atoms with Gasteiger partial charge >= 0.3 is 10.2 Å². The summed E-state index contributed by atoms with van der Waals surface area (Å²) in [6, 6.07) is 8.70. The largest absolute Gasteiger partial charge is 0.334 e. The predicted molar refractivity (Wildman–Crippen MR) is 73.8 cm³/mol. The van der Waals surface area contributed by atoms with Crippen molar-refractivity contribution in [2.75, 3.05) is 5.32 Å². The number of nitrogens with one attached hydrogen (secondary N) is 1. The van der Waals surface area contributed by atoms with Crippen molar-refractivity contribution in [1.82, 2.24) is 0 Å². The zero-order valence-electron chi connectivity index (χ0n) is 10.9. The number of anilines is 1. The molecule has 1 N–H and O–H groups in total. The molecule has 0 saturated carbocycles. The molecule has 0 aromatic heterocycles. The third kappa shape index (κ3) is 3.43. The van der Waals surface area contributed by atoms with Crippen LogP contribution in [0.3, 0.4) is 0 Å². The smallest absolute Gasteiger partial charge is 0.321 e. The van der Waals surface area contributed by atoms with Crippen LogP contribution in [0.5, 0.6) is 0 Å². The van der Waals surface area contributed by atoms with Crippen LogP contribution in [0.4, 0.5) is 14.0 Å². The zero-order valence-corrected chi connectivity index (χ0v) is 11.7. The number of aryl methyl sites for hydroxylation is 1. The monoisotopic (exact) mass is 311 g/mol. The van der Waals surface area contributed by atoms with E-state index in [1.165, 1.54) is 30.3 Å². The molecular formula is C14H11F2NO3S. The fourth-order valence-electron chi connectivity index (χ4n) is 1.81. The van der Waals surface area contributed by atoms with Gasteiger partial charge in [0.15, 0.2) is 0 Å². The number of benzene rings is 2. The third-order valence-corrected chi connectivity index (χ3v) is 3.72. The van der Waals surface area contributed by atoms with Gasteiger partial charge in [0.05, 0.1) is 5.69 Å². The topological polar surface area (TPSA) is 63.2 Å². The Morgan fingerprint density at radius 2 is 1.81 bits per heavy atom. The summed E-state index contributed by atoms with van der Waals surface area (Å²) in [5.41, 5.74) is 0.351. The van der Waals surface area contributed by atoms with Crippen LogP contribution in [-0.4, -0.2) is 14.3 Å². The number of carbonyl (C=O) groups excluding carboxylic acids is 1. The van der Waals surface area contributed by atoms with Crippen LogP contribution in [0.2, 0.25) is 0 Å². The first-order valence-corrected chi connectivity index (χ1v) is 7.28. The summed E-state index contributed by atoms with van der Waals surface area (Å²) in [7, 11) is -4.97. The van der Waals surface area contributed by atoms with E-state index in [0.717, 1.165) is 12.1 Å². The molecule has 0 spiro atoms. The van der Waals surface area contributed by atoms with E-state index < -0.39 is 26.8 Å². The highest BCUT2D eigenvalue weighted by molar-refractivity contribution is 7.86. The molecule has 0 aliphatic rings. The molecule has 2 aromatic carbocycles. The fraction of sp³-hybridized carbons (Fsp3) is 0.0714. The quantitative estimate of drug-likeness (QED) is 0.886. The van der Waals surface area contributed by atoms with Gasteiger partial charge in [-0.3, -0.25) is 4.79 Å². The van der Waals surface area contributed by atoms with Crippen molar-refractivity contribution in [3.8, 4) is 0 Å². The first-order valence-electron chi connectivity index (χ1n) is 5.90. The van der Waals surface area contributed by atoms with Crippen LogP contribution >= 0.6 is 0 Å². The van der Waals surface area contributed by atoms with E-state index in [-0.39, 0.29) is 11.3 Å². The summed E-state index contributed by atoms with van der Waals surface area (Å²) >= 11 is 0. The van der Waals surface area contributed by atoms with E-state index in [1.807, 2.05) is 0 Å². The molecule has 0 radical (unpaired) electrons. The molecule has 7 heteroatoms. The van der Waals surface area contributed by atoms with Crippen molar-refractivity contribution in [3.63, 3.8) is 0 Å². The molecule has 0 aliphatic carbocycles. The number of hydrogen-bond acceptors (Lipinski definition) is 3. The maximum Gasteiger partial charge on any atom is 0.334 e. The molecule has 0 bridgehead atoms. The normalized spacial score (nSPS) is 11.2. The van der Waals surface area contributed by atoms with Gasteiger partial charge in [-0.2, -0.15) is 8.42 Å². The fourth-order valence-corrected chi connectivity index (χ4v) is 2.43. The van der Waals surface area contributed by atoms with Gasteiger partial charge in [0, 0.05) is 5.56 Å². The standard InChI is InChI=1S/C14H11F2NO3S/c1-9-6-7-10(15)8-11(9)14(18)17-12-4-2-3-5-13(12)21(16,19)20/h2-8H,1H3,(H,17,18). The Morgan fingerprint density at radius 1 is 1.14 bits per heavy atom. The lowest BCUT2D eigenvalue weighted by Gasteiger charge is -2.10. The molecule has 0 fully saturated rings. The van der Waals surface area contributed by atoms with Crippen molar-refractivity contribution >= 4 is 21.8 Å². The van der Waals surface area contributed by atoms with Crippen molar-refractivity contribution in [2.24, 2.45) is 0 Å². The number of hydrogen-bond donors (Lipinski definition) is 1. The summed E-state index contributed by atoms with van der Waals surface area (Å²) in [5, 5.41) is 2.28. The Bertz CT molecular complexity index is 804. The first-order chi connectivity index (χ1) is 9.79. The van der Waals surface area contributed by atoms with E-state index in [2.05, 4.69) is 5.32 Å². The Labute approximate surface area is 120 Å². The van der Waals surface area contributed by atoms with Gasteiger partial charge in [0.25, 0.3) is 5.91 Å². The van der Waals surface area contributed by atoms with Crippen LogP contribution in [0, 0.1) is 12.7 Å². The Kier molecular flexibility index (Phi) is 4.04. The SMILES string of the molecule is Cc1ccc(F)cc1C(=O)Nc1ccccc1S(=O)(=O)F. The molecule has 2 aromatic rings. The molecule has 0 saturated heterocycles. The van der Waals surface area contributed by atoms with Crippen LogP contribution in [-0.2, 0) is 10.2 Å². The second kappa shape index (κ2) is 5.61. The summed E-state index contributed by atoms with van der Waals surface area (Å²) in [5.74, 6) is -1.32. The van der Waals surface area contributed by atoms with Gasteiger partial charge in [-0.1, -0.05) is 18.2 Å². The van der Waals surface area contributed by atoms with Gasteiger partial charge in [-0.15, -0.1) is 3.89 Å². The van der Waals surface area contributed by atoms with Crippen LogP contribution in [0.25, 0.3) is 0 Å². The van der Waals surface area contributed by atoms with Crippen molar-refractivity contribution in [2.45, 2.75) is 11.8 Å². The Balaban J connectivity index is 2.39. The van der Waals surface area contributed by atoms with E-state index in [9.17, 15) is 21.5 Å².